The van der Waals surface area contributed by atoms with E-state index in [1.807, 2.05) is 31.4 Å². The van der Waals surface area contributed by atoms with Crippen LogP contribution in [0.25, 0.3) is 11.1 Å². The predicted molar refractivity (Wildman–Crippen MR) is 127 cm³/mol. The van der Waals surface area contributed by atoms with Crippen LogP contribution in [0.15, 0.2) is 48.8 Å². The fourth-order valence-electron chi connectivity index (χ4n) is 5.58. The molecule has 1 saturated heterocycles. The summed E-state index contributed by atoms with van der Waals surface area (Å²) in [4.78, 5) is 42.1. The van der Waals surface area contributed by atoms with Crippen molar-refractivity contribution in [3.05, 3.63) is 76.9 Å². The fourth-order valence-corrected chi connectivity index (χ4v) is 5.58. The van der Waals surface area contributed by atoms with Crippen LogP contribution in [0.5, 0.6) is 0 Å². The predicted octanol–water partition coefficient (Wildman–Crippen LogP) is 3.32. The van der Waals surface area contributed by atoms with Crippen molar-refractivity contribution in [2.24, 2.45) is 7.05 Å². The average molecular weight is 489 g/mol. The highest BCUT2D eigenvalue weighted by Gasteiger charge is 2.58. The molecule has 2 aliphatic heterocycles. The largest absolute Gasteiger partial charge is 0.427 e. The maximum atomic E-state index is 13.6. The van der Waals surface area contributed by atoms with Gasteiger partial charge in [-0.2, -0.15) is 5.10 Å². The number of aryl methyl sites for hydroxylation is 3. The first-order chi connectivity index (χ1) is 17.3. The summed E-state index contributed by atoms with van der Waals surface area (Å²) in [7, 11) is 1.85. The molecule has 6 rings (SSSR count). The van der Waals surface area contributed by atoms with Gasteiger partial charge in [0.1, 0.15) is 12.4 Å². The second-order valence-electron chi connectivity index (χ2n) is 9.69. The van der Waals surface area contributed by atoms with Crippen molar-refractivity contribution in [1.82, 2.24) is 19.6 Å². The van der Waals surface area contributed by atoms with Gasteiger partial charge in [0.15, 0.2) is 0 Å². The topological polar surface area (TPSA) is 84.7 Å². The molecule has 3 aliphatic rings. The molecule has 0 radical (unpaired) electrons. The number of carbonyl (C=O) groups is 3. The van der Waals surface area contributed by atoms with Gasteiger partial charge in [0.05, 0.1) is 6.20 Å². The van der Waals surface area contributed by atoms with E-state index < -0.39 is 17.6 Å². The standard InChI is InChI=1S/C27H25FN4O4/c1-30-14-21(13-29-30)18-5-7-23-19(11-18)8-9-27(23)25(34)32(26(35)36-27)16-24(33)31-10-2-3-17-12-22(28)6-4-20(17)15-31/h4-7,11-14H,2-3,8-10,15-16H2,1H3/t27-/m1/s1. The summed E-state index contributed by atoms with van der Waals surface area (Å²) >= 11 is 0. The molecule has 8 nitrogen and oxygen atoms in total. The number of carbonyl (C=O) groups excluding carboxylic acids is 3. The van der Waals surface area contributed by atoms with Crippen LogP contribution in [0.4, 0.5) is 9.18 Å². The van der Waals surface area contributed by atoms with E-state index in [0.717, 1.165) is 32.7 Å². The molecule has 2 aromatic carbocycles. The van der Waals surface area contributed by atoms with E-state index in [4.69, 9.17) is 4.74 Å². The Bertz CT molecular complexity index is 1420. The number of amides is 3. The van der Waals surface area contributed by atoms with Crippen molar-refractivity contribution < 1.29 is 23.5 Å². The lowest BCUT2D eigenvalue weighted by molar-refractivity contribution is -0.142. The third-order valence-corrected chi connectivity index (χ3v) is 7.45. The molecule has 184 valence electrons. The lowest BCUT2D eigenvalue weighted by Gasteiger charge is -2.23. The van der Waals surface area contributed by atoms with Crippen LogP contribution in [0.2, 0.25) is 0 Å². The quantitative estimate of drug-likeness (QED) is 0.565. The van der Waals surface area contributed by atoms with Gasteiger partial charge in [-0.25, -0.2) is 14.1 Å². The van der Waals surface area contributed by atoms with Gasteiger partial charge in [-0.05, 0) is 53.6 Å². The molecule has 0 bridgehead atoms. The Morgan fingerprint density at radius 3 is 2.75 bits per heavy atom. The number of ether oxygens (including phenoxy) is 1. The average Bonchev–Trinajstić information content (AvgIpc) is 3.46. The zero-order chi connectivity index (χ0) is 25.0. The minimum absolute atomic E-state index is 0.298. The van der Waals surface area contributed by atoms with Crippen LogP contribution in [-0.4, -0.2) is 50.6 Å². The van der Waals surface area contributed by atoms with Crippen molar-refractivity contribution in [3.63, 3.8) is 0 Å². The highest BCUT2D eigenvalue weighted by molar-refractivity contribution is 6.06. The van der Waals surface area contributed by atoms with E-state index in [2.05, 4.69) is 5.10 Å². The number of nitrogens with zero attached hydrogens (tertiary/aromatic N) is 4. The van der Waals surface area contributed by atoms with Gasteiger partial charge in [-0.3, -0.25) is 14.3 Å². The summed E-state index contributed by atoms with van der Waals surface area (Å²) in [5.41, 5.74) is 3.94. The van der Waals surface area contributed by atoms with Gasteiger partial charge in [0.2, 0.25) is 11.5 Å². The number of hydrogen-bond acceptors (Lipinski definition) is 5. The Morgan fingerprint density at radius 2 is 1.94 bits per heavy atom. The summed E-state index contributed by atoms with van der Waals surface area (Å²) in [5.74, 6) is -1.13. The number of halogens is 1. The molecular formula is C27H25FN4O4. The molecule has 36 heavy (non-hydrogen) atoms. The van der Waals surface area contributed by atoms with Crippen molar-refractivity contribution in [2.45, 2.75) is 37.8 Å². The molecule has 3 amide bonds. The van der Waals surface area contributed by atoms with Crippen LogP contribution >= 0.6 is 0 Å². The van der Waals surface area contributed by atoms with Gasteiger partial charge in [0, 0.05) is 43.9 Å². The van der Waals surface area contributed by atoms with Gasteiger partial charge in [0.25, 0.3) is 5.91 Å². The van der Waals surface area contributed by atoms with E-state index in [1.54, 1.807) is 21.8 Å². The number of fused-ring (bicyclic) bond motifs is 3. The van der Waals surface area contributed by atoms with E-state index in [0.29, 0.717) is 44.3 Å². The smallest absolute Gasteiger partial charge is 0.418 e. The molecular weight excluding hydrogens is 463 g/mol. The van der Waals surface area contributed by atoms with E-state index in [1.165, 1.54) is 12.1 Å². The molecule has 3 aromatic rings. The first-order valence-electron chi connectivity index (χ1n) is 12.1. The molecule has 1 aliphatic carbocycles. The summed E-state index contributed by atoms with van der Waals surface area (Å²) in [6.07, 6.45) is 5.17. The van der Waals surface area contributed by atoms with Gasteiger partial charge in [-0.1, -0.05) is 24.3 Å². The molecule has 9 heteroatoms. The maximum absolute atomic E-state index is 13.6. The number of imide groups is 1. The highest BCUT2D eigenvalue weighted by atomic mass is 19.1. The lowest BCUT2D eigenvalue weighted by atomic mass is 9.93. The summed E-state index contributed by atoms with van der Waals surface area (Å²) in [6.45, 7) is 0.410. The monoisotopic (exact) mass is 488 g/mol. The van der Waals surface area contributed by atoms with E-state index >= 15 is 0 Å². The molecule has 0 N–H and O–H groups in total. The molecule has 1 atom stereocenters. The highest BCUT2D eigenvalue weighted by Crippen LogP contribution is 2.46. The number of aromatic nitrogens is 2. The van der Waals surface area contributed by atoms with Crippen LogP contribution < -0.4 is 0 Å². The maximum Gasteiger partial charge on any atom is 0.418 e. The minimum Gasteiger partial charge on any atom is -0.427 e. The van der Waals surface area contributed by atoms with Gasteiger partial charge < -0.3 is 9.64 Å². The van der Waals surface area contributed by atoms with Crippen LogP contribution in [0, 0.1) is 5.82 Å². The summed E-state index contributed by atoms with van der Waals surface area (Å²) < 4.78 is 21.0. The Labute approximate surface area is 207 Å². The normalized spacial score (nSPS) is 20.9. The lowest BCUT2D eigenvalue weighted by Crippen LogP contribution is -2.44. The Morgan fingerprint density at radius 1 is 1.08 bits per heavy atom. The van der Waals surface area contributed by atoms with Crippen LogP contribution in [0.3, 0.4) is 0 Å². The number of hydrogen-bond donors (Lipinski definition) is 0. The second-order valence-corrected chi connectivity index (χ2v) is 9.69. The molecule has 1 fully saturated rings. The van der Waals surface area contributed by atoms with Gasteiger partial charge >= 0.3 is 6.09 Å². The first-order valence-corrected chi connectivity index (χ1v) is 12.1. The van der Waals surface area contributed by atoms with Crippen LogP contribution in [0.1, 0.15) is 35.1 Å². The Balaban J connectivity index is 1.21. The van der Waals surface area contributed by atoms with E-state index in [9.17, 15) is 18.8 Å². The molecule has 1 spiro atoms. The third-order valence-electron chi connectivity index (χ3n) is 7.45. The zero-order valence-corrected chi connectivity index (χ0v) is 19.9. The first kappa shape index (κ1) is 22.5. The number of benzene rings is 2. The second kappa shape index (κ2) is 8.29. The zero-order valence-electron chi connectivity index (χ0n) is 19.9. The molecule has 1 aromatic heterocycles. The molecule has 3 heterocycles. The minimum atomic E-state index is -1.39. The fraction of sp³-hybridized carbons (Fsp3) is 0.333. The van der Waals surface area contributed by atoms with Crippen molar-refractivity contribution in [3.8, 4) is 11.1 Å². The number of rotatable bonds is 3. The Hall–Kier alpha value is -4.01. The Kier molecular flexibility index (Phi) is 5.17. The third kappa shape index (κ3) is 3.57. The van der Waals surface area contributed by atoms with Gasteiger partial charge in [-0.15, -0.1) is 0 Å². The summed E-state index contributed by atoms with van der Waals surface area (Å²) in [6, 6.07) is 10.3. The SMILES string of the molecule is Cn1cc(-c2ccc3c(c2)CC[C@@]32OC(=O)N(CC(=O)N3CCCc4cc(F)ccc4C3)C2=O)cn1. The van der Waals surface area contributed by atoms with Crippen molar-refractivity contribution in [1.29, 1.82) is 0 Å². The molecule has 0 unspecified atom stereocenters. The van der Waals surface area contributed by atoms with Crippen molar-refractivity contribution >= 4 is 17.9 Å². The van der Waals surface area contributed by atoms with Crippen LogP contribution in [-0.2, 0) is 46.4 Å². The van der Waals surface area contributed by atoms with Crippen molar-refractivity contribution in [2.75, 3.05) is 13.1 Å². The molecule has 0 saturated carbocycles. The van der Waals surface area contributed by atoms with E-state index in [-0.39, 0.29) is 18.3 Å². The summed E-state index contributed by atoms with van der Waals surface area (Å²) in [5, 5.41) is 4.21.